The average Bonchev–Trinajstić information content (AvgIpc) is 3.11. The molecule has 1 N–H and O–H groups in total. The zero-order valence-corrected chi connectivity index (χ0v) is 17.0. The van der Waals surface area contributed by atoms with Crippen LogP contribution in [-0.2, 0) is 11.3 Å². The number of nitrogens with one attached hydrogen (secondary N) is 1. The lowest BCUT2D eigenvalue weighted by atomic mass is 10.2. The van der Waals surface area contributed by atoms with Crippen LogP contribution in [0.15, 0.2) is 41.0 Å². The van der Waals surface area contributed by atoms with E-state index in [9.17, 15) is 4.79 Å². The second-order valence-electron chi connectivity index (χ2n) is 6.13. The van der Waals surface area contributed by atoms with E-state index >= 15 is 0 Å². The molecule has 136 valence electrons. The Labute approximate surface area is 165 Å². The van der Waals surface area contributed by atoms with Gasteiger partial charge in [0.2, 0.25) is 5.91 Å². The van der Waals surface area contributed by atoms with Crippen molar-refractivity contribution >= 4 is 39.3 Å². The van der Waals surface area contributed by atoms with Gasteiger partial charge >= 0.3 is 0 Å². The van der Waals surface area contributed by atoms with E-state index in [4.69, 9.17) is 11.6 Å². The minimum atomic E-state index is -0.450. The summed E-state index contributed by atoms with van der Waals surface area (Å²) < 4.78 is 4.32. The summed E-state index contributed by atoms with van der Waals surface area (Å²) in [5.41, 5.74) is 2.75. The molecule has 0 fully saturated rings. The van der Waals surface area contributed by atoms with E-state index < -0.39 is 6.04 Å². The molecule has 0 saturated heterocycles. The van der Waals surface area contributed by atoms with Crippen LogP contribution in [-0.4, -0.2) is 25.5 Å². The lowest BCUT2D eigenvalue weighted by molar-refractivity contribution is -0.119. The fraction of sp³-hybridized carbons (Fsp3) is 0.278. The van der Waals surface area contributed by atoms with E-state index in [0.29, 0.717) is 17.4 Å². The third-order valence-corrected chi connectivity index (χ3v) is 5.29. The molecule has 0 spiro atoms. The van der Waals surface area contributed by atoms with Crippen LogP contribution in [0.25, 0.3) is 0 Å². The van der Waals surface area contributed by atoms with Crippen molar-refractivity contribution in [2.75, 3.05) is 5.32 Å². The number of aryl methyl sites for hydroxylation is 2. The molecule has 0 aliphatic carbocycles. The Bertz CT molecular complexity index is 929. The van der Waals surface area contributed by atoms with Gasteiger partial charge in [-0.05, 0) is 48.3 Å². The summed E-state index contributed by atoms with van der Waals surface area (Å²) in [5, 5.41) is 12.3. The monoisotopic (exact) mass is 435 g/mol. The van der Waals surface area contributed by atoms with Crippen LogP contribution in [0, 0.1) is 13.8 Å². The van der Waals surface area contributed by atoms with Gasteiger partial charge in [-0.2, -0.15) is 10.2 Å². The Hall–Kier alpha value is -2.12. The Kier molecular flexibility index (Phi) is 5.48. The summed E-state index contributed by atoms with van der Waals surface area (Å²) in [4.78, 5) is 12.5. The second-order valence-corrected chi connectivity index (χ2v) is 7.39. The fourth-order valence-corrected chi connectivity index (χ4v) is 3.01. The van der Waals surface area contributed by atoms with Gasteiger partial charge in [-0.3, -0.25) is 14.2 Å². The predicted octanol–water partition coefficient (Wildman–Crippen LogP) is 4.36. The van der Waals surface area contributed by atoms with E-state index in [1.165, 1.54) is 0 Å². The van der Waals surface area contributed by atoms with Gasteiger partial charge in [0.05, 0.1) is 16.7 Å². The van der Waals surface area contributed by atoms with E-state index in [2.05, 4.69) is 31.4 Å². The molecule has 1 aromatic carbocycles. The highest BCUT2D eigenvalue weighted by molar-refractivity contribution is 9.10. The van der Waals surface area contributed by atoms with Gasteiger partial charge in [-0.1, -0.05) is 29.8 Å². The number of nitrogens with zero attached hydrogens (tertiary/aromatic N) is 4. The number of anilines is 1. The molecule has 0 aliphatic rings. The summed E-state index contributed by atoms with van der Waals surface area (Å²) in [5.74, 6) is 0.330. The highest BCUT2D eigenvalue weighted by atomic mass is 79.9. The molecular formula is C18H19BrClN5O. The number of rotatable bonds is 5. The number of carbonyl (C=O) groups is 1. The van der Waals surface area contributed by atoms with Crippen LogP contribution in [0.2, 0.25) is 5.02 Å². The van der Waals surface area contributed by atoms with Crippen LogP contribution >= 0.6 is 27.5 Å². The quantitative estimate of drug-likeness (QED) is 0.646. The molecule has 2 aromatic heterocycles. The lowest BCUT2D eigenvalue weighted by Gasteiger charge is -2.11. The normalized spacial score (nSPS) is 12.2. The first-order valence-electron chi connectivity index (χ1n) is 8.15. The molecule has 1 unspecified atom stereocenters. The van der Waals surface area contributed by atoms with E-state index in [1.54, 1.807) is 17.8 Å². The number of aromatic nitrogens is 4. The van der Waals surface area contributed by atoms with Gasteiger partial charge in [0.15, 0.2) is 5.82 Å². The molecule has 3 aromatic rings. The highest BCUT2D eigenvalue weighted by Gasteiger charge is 2.18. The number of hydrogen-bond donors (Lipinski definition) is 1. The predicted molar refractivity (Wildman–Crippen MR) is 106 cm³/mol. The van der Waals surface area contributed by atoms with Gasteiger partial charge in [0, 0.05) is 23.0 Å². The van der Waals surface area contributed by atoms with Gasteiger partial charge < -0.3 is 5.32 Å². The first kappa shape index (κ1) is 18.7. The Morgan fingerprint density at radius 2 is 2.04 bits per heavy atom. The summed E-state index contributed by atoms with van der Waals surface area (Å²) in [6.07, 6.45) is 1.79. The van der Waals surface area contributed by atoms with Gasteiger partial charge in [-0.15, -0.1) is 0 Å². The second kappa shape index (κ2) is 7.63. The van der Waals surface area contributed by atoms with E-state index in [1.807, 2.05) is 48.9 Å². The molecule has 3 rings (SSSR count). The molecule has 2 heterocycles. The maximum Gasteiger partial charge on any atom is 0.250 e. The number of benzene rings is 1. The molecule has 8 heteroatoms. The smallest absolute Gasteiger partial charge is 0.250 e. The van der Waals surface area contributed by atoms with Crippen LogP contribution in [0.5, 0.6) is 0 Å². The lowest BCUT2D eigenvalue weighted by Crippen LogP contribution is -2.24. The number of carbonyl (C=O) groups excluding carboxylic acids is 1. The Morgan fingerprint density at radius 1 is 1.31 bits per heavy atom. The molecule has 26 heavy (non-hydrogen) atoms. The molecule has 1 amide bonds. The average molecular weight is 437 g/mol. The zero-order valence-electron chi connectivity index (χ0n) is 14.7. The fourth-order valence-electron chi connectivity index (χ4n) is 2.53. The molecule has 0 radical (unpaired) electrons. The van der Waals surface area contributed by atoms with Crippen molar-refractivity contribution in [3.8, 4) is 0 Å². The Balaban J connectivity index is 1.72. The van der Waals surface area contributed by atoms with Crippen molar-refractivity contribution < 1.29 is 4.79 Å². The maximum absolute atomic E-state index is 12.5. The largest absolute Gasteiger partial charge is 0.307 e. The van der Waals surface area contributed by atoms with Crippen LogP contribution in [0.4, 0.5) is 5.82 Å². The first-order chi connectivity index (χ1) is 12.3. The molecular weight excluding hydrogens is 418 g/mol. The number of amides is 1. The summed E-state index contributed by atoms with van der Waals surface area (Å²) >= 11 is 9.63. The van der Waals surface area contributed by atoms with Crippen molar-refractivity contribution in [1.82, 2.24) is 19.6 Å². The third kappa shape index (κ3) is 3.99. The van der Waals surface area contributed by atoms with Gasteiger partial charge in [-0.25, -0.2) is 0 Å². The van der Waals surface area contributed by atoms with Crippen molar-refractivity contribution in [2.45, 2.75) is 33.4 Å². The summed E-state index contributed by atoms with van der Waals surface area (Å²) in [7, 11) is 0. The van der Waals surface area contributed by atoms with Crippen molar-refractivity contribution in [3.63, 3.8) is 0 Å². The number of halogens is 2. The number of hydrogen-bond acceptors (Lipinski definition) is 3. The minimum absolute atomic E-state index is 0.178. The third-order valence-electron chi connectivity index (χ3n) is 4.14. The van der Waals surface area contributed by atoms with E-state index in [-0.39, 0.29) is 5.91 Å². The highest BCUT2D eigenvalue weighted by Crippen LogP contribution is 2.20. The minimum Gasteiger partial charge on any atom is -0.307 e. The van der Waals surface area contributed by atoms with Crippen LogP contribution in [0.1, 0.15) is 29.9 Å². The first-order valence-corrected chi connectivity index (χ1v) is 9.32. The molecule has 0 saturated carbocycles. The SMILES string of the molecule is Cc1nn(C(C)C(=O)Nc2cc(C)n(Cc3ccccc3Cl)n2)cc1Br. The van der Waals surface area contributed by atoms with Gasteiger partial charge in [0.25, 0.3) is 0 Å². The molecule has 1 atom stereocenters. The molecule has 0 bridgehead atoms. The van der Waals surface area contributed by atoms with Crippen molar-refractivity contribution in [1.29, 1.82) is 0 Å². The molecule has 0 aliphatic heterocycles. The molecule has 6 nitrogen and oxygen atoms in total. The topological polar surface area (TPSA) is 64.7 Å². The summed E-state index contributed by atoms with van der Waals surface area (Å²) in [6, 6.07) is 9.03. The van der Waals surface area contributed by atoms with Crippen molar-refractivity contribution in [3.05, 3.63) is 63.0 Å². The summed E-state index contributed by atoms with van der Waals surface area (Å²) in [6.45, 7) is 6.16. The maximum atomic E-state index is 12.5. The Morgan fingerprint density at radius 3 is 2.69 bits per heavy atom. The van der Waals surface area contributed by atoms with E-state index in [0.717, 1.165) is 21.4 Å². The van der Waals surface area contributed by atoms with Crippen molar-refractivity contribution in [2.24, 2.45) is 0 Å². The van der Waals surface area contributed by atoms with Crippen LogP contribution in [0.3, 0.4) is 0 Å². The van der Waals surface area contributed by atoms with Crippen LogP contribution < -0.4 is 5.32 Å². The standard InChI is InChI=1S/C18H19BrClN5O/c1-11-8-17(23-24(11)9-14-6-4-5-7-16(14)20)21-18(26)13(3)25-10-15(19)12(2)22-25/h4-8,10,13H,9H2,1-3H3,(H,21,23,26). The zero-order chi connectivity index (χ0) is 18.8. The van der Waals surface area contributed by atoms with Gasteiger partial charge in [0.1, 0.15) is 6.04 Å².